The standard InChI is InChI=1S/C21H23N3O6/c1-28-19-12-15(24(26)27)5-6-16(19)22-21(25)13-23-8-2-3-17(23)14-4-7-18-20(11-14)30-10-9-29-18/h4-7,11-12,17H,2-3,8-10,13H2,1H3,(H,22,25). The van der Waals surface area contributed by atoms with Crippen molar-refractivity contribution >= 4 is 17.3 Å². The minimum absolute atomic E-state index is 0.0944. The lowest BCUT2D eigenvalue weighted by Crippen LogP contribution is -2.33. The van der Waals surface area contributed by atoms with Crippen LogP contribution < -0.4 is 19.5 Å². The summed E-state index contributed by atoms with van der Waals surface area (Å²) in [5.74, 6) is 1.54. The van der Waals surface area contributed by atoms with Crippen molar-refractivity contribution in [3.05, 3.63) is 52.1 Å². The maximum atomic E-state index is 12.7. The molecule has 1 N–H and O–H groups in total. The van der Waals surface area contributed by atoms with Crippen LogP contribution in [0, 0.1) is 10.1 Å². The van der Waals surface area contributed by atoms with E-state index < -0.39 is 4.92 Å². The van der Waals surface area contributed by atoms with E-state index in [4.69, 9.17) is 14.2 Å². The van der Waals surface area contributed by atoms with Gasteiger partial charge in [0.25, 0.3) is 5.69 Å². The normalized spacial score (nSPS) is 18.1. The van der Waals surface area contributed by atoms with E-state index in [0.717, 1.165) is 36.4 Å². The Morgan fingerprint density at radius 1 is 1.23 bits per heavy atom. The molecular formula is C21H23N3O6. The fourth-order valence-corrected chi connectivity index (χ4v) is 3.93. The number of amides is 1. The Bertz CT molecular complexity index is 964. The zero-order valence-corrected chi connectivity index (χ0v) is 16.6. The molecule has 1 saturated heterocycles. The van der Waals surface area contributed by atoms with E-state index in [-0.39, 0.29) is 29.9 Å². The van der Waals surface area contributed by atoms with Crippen molar-refractivity contribution in [2.75, 3.05) is 38.7 Å². The molecule has 0 aliphatic carbocycles. The third-order valence-electron chi connectivity index (χ3n) is 5.33. The second-order valence-electron chi connectivity index (χ2n) is 7.22. The zero-order chi connectivity index (χ0) is 21.1. The molecule has 30 heavy (non-hydrogen) atoms. The molecule has 2 aliphatic rings. The molecule has 2 aromatic carbocycles. The summed E-state index contributed by atoms with van der Waals surface area (Å²) in [5.41, 5.74) is 1.41. The van der Waals surface area contributed by atoms with Crippen molar-refractivity contribution in [1.29, 1.82) is 0 Å². The average molecular weight is 413 g/mol. The van der Waals surface area contributed by atoms with E-state index in [1.165, 1.54) is 25.3 Å². The molecule has 1 unspecified atom stereocenters. The van der Waals surface area contributed by atoms with Gasteiger partial charge in [0.15, 0.2) is 11.5 Å². The lowest BCUT2D eigenvalue weighted by Gasteiger charge is -2.26. The third kappa shape index (κ3) is 4.16. The van der Waals surface area contributed by atoms with Crippen LogP contribution in [0.25, 0.3) is 0 Å². The SMILES string of the molecule is COc1cc([N+](=O)[O-])ccc1NC(=O)CN1CCCC1c1ccc2c(c1)OCCO2. The van der Waals surface area contributed by atoms with Gasteiger partial charge in [-0.3, -0.25) is 19.8 Å². The van der Waals surface area contributed by atoms with Gasteiger partial charge < -0.3 is 19.5 Å². The predicted octanol–water partition coefficient (Wildman–Crippen LogP) is 3.15. The first-order valence-corrected chi connectivity index (χ1v) is 9.81. The Morgan fingerprint density at radius 2 is 2.03 bits per heavy atom. The fourth-order valence-electron chi connectivity index (χ4n) is 3.93. The number of likely N-dealkylation sites (tertiary alicyclic amines) is 1. The Labute approximate surface area is 173 Å². The van der Waals surface area contributed by atoms with Crippen LogP contribution in [-0.2, 0) is 4.79 Å². The first kappa shape index (κ1) is 20.0. The minimum Gasteiger partial charge on any atom is -0.494 e. The van der Waals surface area contributed by atoms with Gasteiger partial charge in [-0.2, -0.15) is 0 Å². The molecule has 9 nitrogen and oxygen atoms in total. The van der Waals surface area contributed by atoms with Crippen LogP contribution in [0.1, 0.15) is 24.4 Å². The number of fused-ring (bicyclic) bond motifs is 1. The molecule has 2 heterocycles. The highest BCUT2D eigenvalue weighted by Crippen LogP contribution is 2.38. The number of benzene rings is 2. The van der Waals surface area contributed by atoms with Crippen LogP contribution in [-0.4, -0.2) is 49.1 Å². The number of hydrogen-bond acceptors (Lipinski definition) is 7. The smallest absolute Gasteiger partial charge is 0.273 e. The quantitative estimate of drug-likeness (QED) is 0.573. The summed E-state index contributed by atoms with van der Waals surface area (Å²) in [6.45, 7) is 2.10. The largest absolute Gasteiger partial charge is 0.494 e. The summed E-state index contributed by atoms with van der Waals surface area (Å²) in [7, 11) is 1.41. The van der Waals surface area contributed by atoms with Crippen LogP contribution >= 0.6 is 0 Å². The highest BCUT2D eigenvalue weighted by Gasteiger charge is 2.29. The number of nitro benzene ring substituents is 1. The van der Waals surface area contributed by atoms with E-state index in [9.17, 15) is 14.9 Å². The highest BCUT2D eigenvalue weighted by molar-refractivity contribution is 5.94. The van der Waals surface area contributed by atoms with Crippen molar-refractivity contribution in [3.8, 4) is 17.2 Å². The van der Waals surface area contributed by atoms with Crippen molar-refractivity contribution in [3.63, 3.8) is 0 Å². The number of methoxy groups -OCH3 is 1. The molecule has 1 atom stereocenters. The molecule has 0 radical (unpaired) electrons. The van der Waals surface area contributed by atoms with Gasteiger partial charge in [-0.25, -0.2) is 0 Å². The Morgan fingerprint density at radius 3 is 2.80 bits per heavy atom. The number of non-ortho nitro benzene ring substituents is 1. The molecule has 9 heteroatoms. The molecule has 4 rings (SSSR count). The second kappa shape index (κ2) is 8.58. The number of rotatable bonds is 6. The number of hydrogen-bond donors (Lipinski definition) is 1. The summed E-state index contributed by atoms with van der Waals surface area (Å²) in [6.07, 6.45) is 1.95. The summed E-state index contributed by atoms with van der Waals surface area (Å²) < 4.78 is 16.5. The van der Waals surface area contributed by atoms with E-state index in [2.05, 4.69) is 10.2 Å². The Hall–Kier alpha value is -3.33. The van der Waals surface area contributed by atoms with Gasteiger partial charge in [0.1, 0.15) is 19.0 Å². The van der Waals surface area contributed by atoms with Crippen LogP contribution in [0.5, 0.6) is 17.2 Å². The Balaban J connectivity index is 1.45. The molecule has 0 bridgehead atoms. The highest BCUT2D eigenvalue weighted by atomic mass is 16.6. The Kier molecular flexibility index (Phi) is 5.71. The number of nitro groups is 1. The minimum atomic E-state index is -0.504. The molecule has 0 saturated carbocycles. The topological polar surface area (TPSA) is 103 Å². The fraction of sp³-hybridized carbons (Fsp3) is 0.381. The molecule has 158 valence electrons. The van der Waals surface area contributed by atoms with Crippen molar-refractivity contribution in [2.45, 2.75) is 18.9 Å². The van der Waals surface area contributed by atoms with Crippen LogP contribution in [0.4, 0.5) is 11.4 Å². The van der Waals surface area contributed by atoms with Gasteiger partial charge in [0.05, 0.1) is 30.3 Å². The summed E-state index contributed by atoms with van der Waals surface area (Å²) in [4.78, 5) is 25.2. The van der Waals surface area contributed by atoms with E-state index in [1.807, 2.05) is 18.2 Å². The van der Waals surface area contributed by atoms with Gasteiger partial charge in [0.2, 0.25) is 5.91 Å². The summed E-state index contributed by atoms with van der Waals surface area (Å²) in [6, 6.07) is 10.2. The van der Waals surface area contributed by atoms with Gasteiger partial charge in [-0.15, -0.1) is 0 Å². The van der Waals surface area contributed by atoms with Crippen LogP contribution in [0.2, 0.25) is 0 Å². The first-order chi connectivity index (χ1) is 14.5. The first-order valence-electron chi connectivity index (χ1n) is 9.81. The molecular weight excluding hydrogens is 390 g/mol. The lowest BCUT2D eigenvalue weighted by atomic mass is 10.0. The number of nitrogens with zero attached hydrogens (tertiary/aromatic N) is 2. The van der Waals surface area contributed by atoms with Gasteiger partial charge in [0, 0.05) is 12.1 Å². The van der Waals surface area contributed by atoms with Gasteiger partial charge in [-0.1, -0.05) is 6.07 Å². The number of ether oxygens (including phenoxy) is 3. The summed E-state index contributed by atoms with van der Waals surface area (Å²) >= 11 is 0. The molecule has 2 aromatic rings. The molecule has 2 aliphatic heterocycles. The van der Waals surface area contributed by atoms with Gasteiger partial charge in [-0.05, 0) is 43.1 Å². The molecule has 1 amide bonds. The van der Waals surface area contributed by atoms with Gasteiger partial charge >= 0.3 is 0 Å². The summed E-state index contributed by atoms with van der Waals surface area (Å²) in [5, 5.41) is 13.7. The van der Waals surface area contributed by atoms with E-state index >= 15 is 0 Å². The maximum absolute atomic E-state index is 12.7. The van der Waals surface area contributed by atoms with Crippen molar-refractivity contribution in [1.82, 2.24) is 4.90 Å². The number of nitrogens with one attached hydrogen (secondary N) is 1. The van der Waals surface area contributed by atoms with Crippen LogP contribution in [0.15, 0.2) is 36.4 Å². The zero-order valence-electron chi connectivity index (χ0n) is 16.6. The number of carbonyl (C=O) groups is 1. The maximum Gasteiger partial charge on any atom is 0.273 e. The van der Waals surface area contributed by atoms with Crippen molar-refractivity contribution < 1.29 is 23.9 Å². The van der Waals surface area contributed by atoms with Crippen LogP contribution in [0.3, 0.4) is 0 Å². The van der Waals surface area contributed by atoms with E-state index in [1.54, 1.807) is 0 Å². The second-order valence-corrected chi connectivity index (χ2v) is 7.22. The number of anilines is 1. The lowest BCUT2D eigenvalue weighted by molar-refractivity contribution is -0.384. The monoisotopic (exact) mass is 413 g/mol. The molecule has 0 spiro atoms. The third-order valence-corrected chi connectivity index (χ3v) is 5.33. The van der Waals surface area contributed by atoms with E-state index in [0.29, 0.717) is 18.9 Å². The predicted molar refractivity (Wildman–Crippen MR) is 109 cm³/mol. The number of carbonyl (C=O) groups excluding carboxylic acids is 1. The van der Waals surface area contributed by atoms with Crippen molar-refractivity contribution in [2.24, 2.45) is 0 Å². The molecule has 1 fully saturated rings. The average Bonchev–Trinajstić information content (AvgIpc) is 3.21. The molecule has 0 aromatic heterocycles.